The molecule has 2 rings (SSSR count). The monoisotopic (exact) mass is 250 g/mol. The zero-order valence-corrected chi connectivity index (χ0v) is 8.77. The fourth-order valence-electron chi connectivity index (χ4n) is 1.35. The van der Waals surface area contributed by atoms with Gasteiger partial charge in [-0.3, -0.25) is 4.98 Å². The first-order valence-corrected chi connectivity index (χ1v) is 4.82. The van der Waals surface area contributed by atoms with Gasteiger partial charge in [-0.1, -0.05) is 27.2 Å². The van der Waals surface area contributed by atoms with Gasteiger partial charge in [-0.2, -0.15) is 0 Å². The van der Waals surface area contributed by atoms with Crippen LogP contribution in [0, 0.1) is 0 Å². The first-order chi connectivity index (χ1) is 6.83. The van der Waals surface area contributed by atoms with E-state index in [1.165, 1.54) is 6.21 Å². The molecule has 0 radical (unpaired) electrons. The Hall–Kier alpha value is -1.42. The highest BCUT2D eigenvalue weighted by molar-refractivity contribution is 9.10. The molecular weight excluding hydrogens is 244 g/mol. The van der Waals surface area contributed by atoms with Crippen LogP contribution in [0.1, 0.15) is 5.56 Å². The highest BCUT2D eigenvalue weighted by Gasteiger charge is 2.01. The second-order valence-corrected chi connectivity index (χ2v) is 3.66. The van der Waals surface area contributed by atoms with E-state index in [0.717, 1.165) is 20.8 Å². The molecule has 1 N–H and O–H groups in total. The second-order valence-electron chi connectivity index (χ2n) is 2.80. The Morgan fingerprint density at radius 1 is 1.29 bits per heavy atom. The van der Waals surface area contributed by atoms with E-state index in [-0.39, 0.29) is 0 Å². The fourth-order valence-corrected chi connectivity index (χ4v) is 1.80. The van der Waals surface area contributed by atoms with Gasteiger partial charge in [0, 0.05) is 27.8 Å². The Labute approximate surface area is 89.2 Å². The number of benzene rings is 1. The van der Waals surface area contributed by atoms with Crippen LogP contribution in [0.2, 0.25) is 0 Å². The van der Waals surface area contributed by atoms with E-state index in [1.54, 1.807) is 12.4 Å². The van der Waals surface area contributed by atoms with Gasteiger partial charge in [0.15, 0.2) is 0 Å². The number of pyridine rings is 1. The summed E-state index contributed by atoms with van der Waals surface area (Å²) in [6.07, 6.45) is 4.90. The average molecular weight is 251 g/mol. The summed E-state index contributed by atoms with van der Waals surface area (Å²) in [6.45, 7) is 0. The molecule has 3 nitrogen and oxygen atoms in total. The molecule has 0 saturated heterocycles. The molecule has 0 aliphatic carbocycles. The lowest BCUT2D eigenvalue weighted by Crippen LogP contribution is -1.86. The SMILES string of the molecule is O/N=C/c1ccc(Br)c2cnccc12. The molecule has 0 bridgehead atoms. The lowest BCUT2D eigenvalue weighted by Gasteiger charge is -2.02. The lowest BCUT2D eigenvalue weighted by molar-refractivity contribution is 0.322. The maximum atomic E-state index is 8.49. The first kappa shape index (κ1) is 9.15. The van der Waals surface area contributed by atoms with Gasteiger partial charge in [0.05, 0.1) is 6.21 Å². The highest BCUT2D eigenvalue weighted by atomic mass is 79.9. The third-order valence-corrected chi connectivity index (χ3v) is 2.69. The van der Waals surface area contributed by atoms with Gasteiger partial charge in [0.25, 0.3) is 0 Å². The standard InChI is InChI=1S/C10H7BrN2O/c11-10-2-1-7(5-13-14)8-3-4-12-6-9(8)10/h1-6,14H/b13-5+. The van der Waals surface area contributed by atoms with Crippen LogP contribution in [-0.2, 0) is 0 Å². The van der Waals surface area contributed by atoms with Gasteiger partial charge >= 0.3 is 0 Å². The Kier molecular flexibility index (Phi) is 2.45. The van der Waals surface area contributed by atoms with Crippen LogP contribution in [0.5, 0.6) is 0 Å². The number of nitrogens with zero attached hydrogens (tertiary/aromatic N) is 2. The molecule has 0 atom stereocenters. The highest BCUT2D eigenvalue weighted by Crippen LogP contribution is 2.24. The van der Waals surface area contributed by atoms with Crippen molar-refractivity contribution >= 4 is 32.9 Å². The Bertz CT molecular complexity index is 496. The maximum Gasteiger partial charge on any atom is 0.0740 e. The molecule has 0 spiro atoms. The molecule has 4 heteroatoms. The van der Waals surface area contributed by atoms with Crippen molar-refractivity contribution in [2.75, 3.05) is 0 Å². The average Bonchev–Trinajstić information content (AvgIpc) is 2.23. The number of hydrogen-bond acceptors (Lipinski definition) is 3. The predicted octanol–water partition coefficient (Wildman–Crippen LogP) is 2.81. The zero-order valence-electron chi connectivity index (χ0n) is 7.18. The molecule has 14 heavy (non-hydrogen) atoms. The number of hydrogen-bond donors (Lipinski definition) is 1. The number of oxime groups is 1. The number of halogens is 1. The largest absolute Gasteiger partial charge is 0.411 e. The van der Waals surface area contributed by atoms with E-state index in [9.17, 15) is 0 Å². The molecule has 0 unspecified atom stereocenters. The smallest absolute Gasteiger partial charge is 0.0740 e. The van der Waals surface area contributed by atoms with E-state index in [0.29, 0.717) is 0 Å². The number of aromatic nitrogens is 1. The van der Waals surface area contributed by atoms with Crippen molar-refractivity contribution in [1.29, 1.82) is 0 Å². The van der Waals surface area contributed by atoms with E-state index in [1.807, 2.05) is 18.2 Å². The van der Waals surface area contributed by atoms with E-state index in [4.69, 9.17) is 5.21 Å². The minimum absolute atomic E-state index is 0.869. The van der Waals surface area contributed by atoms with Crippen LogP contribution >= 0.6 is 15.9 Å². The van der Waals surface area contributed by atoms with E-state index in [2.05, 4.69) is 26.1 Å². The third kappa shape index (κ3) is 1.48. The fraction of sp³-hybridized carbons (Fsp3) is 0. The lowest BCUT2D eigenvalue weighted by atomic mass is 10.1. The molecule has 2 aromatic rings. The van der Waals surface area contributed by atoms with Gasteiger partial charge in [-0.15, -0.1) is 0 Å². The molecule has 0 saturated carbocycles. The first-order valence-electron chi connectivity index (χ1n) is 4.02. The van der Waals surface area contributed by atoms with Crippen LogP contribution < -0.4 is 0 Å². The molecule has 1 aromatic heterocycles. The van der Waals surface area contributed by atoms with Crippen LogP contribution in [0.15, 0.2) is 40.2 Å². The molecule has 1 heterocycles. The van der Waals surface area contributed by atoms with Crippen molar-refractivity contribution < 1.29 is 5.21 Å². The van der Waals surface area contributed by atoms with E-state index < -0.39 is 0 Å². The molecule has 70 valence electrons. The number of fused-ring (bicyclic) bond motifs is 1. The van der Waals surface area contributed by atoms with Crippen molar-refractivity contribution in [1.82, 2.24) is 4.98 Å². The number of rotatable bonds is 1. The summed E-state index contributed by atoms with van der Waals surface area (Å²) >= 11 is 3.44. The minimum Gasteiger partial charge on any atom is -0.411 e. The van der Waals surface area contributed by atoms with Gasteiger partial charge in [0.2, 0.25) is 0 Å². The zero-order chi connectivity index (χ0) is 9.97. The summed E-state index contributed by atoms with van der Waals surface area (Å²) in [5.74, 6) is 0. The third-order valence-electron chi connectivity index (χ3n) is 2.00. The van der Waals surface area contributed by atoms with Crippen molar-refractivity contribution in [2.45, 2.75) is 0 Å². The quantitative estimate of drug-likeness (QED) is 0.481. The molecule has 0 amide bonds. The van der Waals surface area contributed by atoms with Gasteiger partial charge in [-0.05, 0) is 17.5 Å². The summed E-state index contributed by atoms with van der Waals surface area (Å²) < 4.78 is 0.982. The molecule has 0 fully saturated rings. The topological polar surface area (TPSA) is 45.5 Å². The summed E-state index contributed by atoms with van der Waals surface area (Å²) in [7, 11) is 0. The maximum absolute atomic E-state index is 8.49. The summed E-state index contributed by atoms with van der Waals surface area (Å²) in [6, 6.07) is 5.67. The van der Waals surface area contributed by atoms with Crippen LogP contribution in [0.3, 0.4) is 0 Å². The van der Waals surface area contributed by atoms with Crippen molar-refractivity contribution in [3.8, 4) is 0 Å². The summed E-state index contributed by atoms with van der Waals surface area (Å²) in [5.41, 5.74) is 0.869. The van der Waals surface area contributed by atoms with Crippen LogP contribution in [0.25, 0.3) is 10.8 Å². The van der Waals surface area contributed by atoms with Gasteiger partial charge in [0.1, 0.15) is 0 Å². The molecule has 1 aromatic carbocycles. The Balaban J connectivity index is 2.81. The minimum atomic E-state index is 0.869. The predicted molar refractivity (Wildman–Crippen MR) is 58.8 cm³/mol. The summed E-state index contributed by atoms with van der Waals surface area (Å²) in [5, 5.41) is 13.5. The summed E-state index contributed by atoms with van der Waals surface area (Å²) in [4.78, 5) is 4.04. The van der Waals surface area contributed by atoms with Gasteiger partial charge in [-0.25, -0.2) is 0 Å². The second kappa shape index (κ2) is 3.75. The normalized spacial score (nSPS) is 11.2. The van der Waals surface area contributed by atoms with Crippen molar-refractivity contribution in [2.24, 2.45) is 5.16 Å². The Morgan fingerprint density at radius 3 is 2.93 bits per heavy atom. The molecular formula is C10H7BrN2O. The molecule has 0 aliphatic heterocycles. The van der Waals surface area contributed by atoms with Crippen LogP contribution in [0.4, 0.5) is 0 Å². The van der Waals surface area contributed by atoms with Crippen LogP contribution in [-0.4, -0.2) is 16.4 Å². The molecule has 0 aliphatic rings. The van der Waals surface area contributed by atoms with Crippen molar-refractivity contribution in [3.05, 3.63) is 40.6 Å². The van der Waals surface area contributed by atoms with Gasteiger partial charge < -0.3 is 5.21 Å². The Morgan fingerprint density at radius 2 is 2.14 bits per heavy atom. The van der Waals surface area contributed by atoms with E-state index >= 15 is 0 Å². The van der Waals surface area contributed by atoms with Crippen molar-refractivity contribution in [3.63, 3.8) is 0 Å².